The molecule has 1 fully saturated rings. The fourth-order valence-corrected chi connectivity index (χ4v) is 2.64. The second kappa shape index (κ2) is 4.78. The molecule has 1 aliphatic rings. The first-order chi connectivity index (χ1) is 8.84. The van der Waals surface area contributed by atoms with Crippen molar-refractivity contribution in [3.8, 4) is 0 Å². The Bertz CT molecular complexity index is 450. The van der Waals surface area contributed by atoms with Crippen LogP contribution in [0.4, 0.5) is 5.82 Å². The number of hydrogen-bond acceptors (Lipinski definition) is 3. The molecule has 0 aliphatic carbocycles. The minimum Gasteiger partial charge on any atom is -0.348 e. The number of anilines is 1. The van der Waals surface area contributed by atoms with Gasteiger partial charge in [0.15, 0.2) is 0 Å². The molecular formula is C15H17N3. The average Bonchev–Trinajstić information content (AvgIpc) is 2.83. The zero-order valence-electron chi connectivity index (χ0n) is 10.2. The summed E-state index contributed by atoms with van der Waals surface area (Å²) < 4.78 is 0. The van der Waals surface area contributed by atoms with Crippen molar-refractivity contribution in [2.24, 2.45) is 5.73 Å². The molecule has 0 spiro atoms. The Kier molecular flexibility index (Phi) is 2.99. The first kappa shape index (κ1) is 11.2. The fourth-order valence-electron chi connectivity index (χ4n) is 2.64. The van der Waals surface area contributed by atoms with Gasteiger partial charge in [0.1, 0.15) is 5.82 Å². The molecular weight excluding hydrogens is 222 g/mol. The number of rotatable bonds is 2. The summed E-state index contributed by atoms with van der Waals surface area (Å²) in [6.45, 7) is 0.872. The van der Waals surface area contributed by atoms with E-state index in [-0.39, 0.29) is 6.04 Å². The Morgan fingerprint density at radius 2 is 1.83 bits per heavy atom. The van der Waals surface area contributed by atoms with Gasteiger partial charge < -0.3 is 10.6 Å². The van der Waals surface area contributed by atoms with E-state index in [0.717, 1.165) is 18.8 Å². The largest absolute Gasteiger partial charge is 0.348 e. The summed E-state index contributed by atoms with van der Waals surface area (Å²) in [6.07, 6.45) is 2.82. The molecule has 1 aromatic heterocycles. The van der Waals surface area contributed by atoms with Gasteiger partial charge in [0, 0.05) is 18.8 Å². The maximum atomic E-state index is 6.12. The van der Waals surface area contributed by atoms with Crippen LogP contribution < -0.4 is 10.6 Å². The average molecular weight is 239 g/mol. The van der Waals surface area contributed by atoms with Gasteiger partial charge in [-0.2, -0.15) is 0 Å². The lowest BCUT2D eigenvalue weighted by molar-refractivity contribution is 0.677. The van der Waals surface area contributed by atoms with E-state index in [4.69, 9.17) is 5.73 Å². The predicted octanol–water partition coefficient (Wildman–Crippen LogP) is 2.36. The normalized spacial score (nSPS) is 23.3. The Hall–Kier alpha value is -1.87. The van der Waals surface area contributed by atoms with Crippen molar-refractivity contribution in [1.82, 2.24) is 4.98 Å². The van der Waals surface area contributed by atoms with Crippen LogP contribution in [0.2, 0.25) is 0 Å². The lowest BCUT2D eigenvalue weighted by Gasteiger charge is -2.25. The van der Waals surface area contributed by atoms with Crippen molar-refractivity contribution in [2.45, 2.75) is 18.5 Å². The van der Waals surface area contributed by atoms with Crippen LogP contribution in [0.1, 0.15) is 18.0 Å². The smallest absolute Gasteiger partial charge is 0.129 e. The third kappa shape index (κ3) is 2.09. The van der Waals surface area contributed by atoms with E-state index in [1.807, 2.05) is 30.5 Å². The molecule has 0 amide bonds. The van der Waals surface area contributed by atoms with E-state index >= 15 is 0 Å². The lowest BCUT2D eigenvalue weighted by atomic mass is 10.0. The molecule has 2 unspecified atom stereocenters. The molecule has 3 nitrogen and oxygen atoms in total. The zero-order valence-corrected chi connectivity index (χ0v) is 10.2. The maximum Gasteiger partial charge on any atom is 0.129 e. The number of benzene rings is 1. The summed E-state index contributed by atoms with van der Waals surface area (Å²) >= 11 is 0. The zero-order chi connectivity index (χ0) is 12.4. The SMILES string of the molecule is NC1CC(c2ccccc2)N(c2ccccn2)C1. The van der Waals surface area contributed by atoms with E-state index in [9.17, 15) is 0 Å². The minimum absolute atomic E-state index is 0.220. The summed E-state index contributed by atoms with van der Waals surface area (Å²) in [6, 6.07) is 17.1. The van der Waals surface area contributed by atoms with Gasteiger partial charge in [-0.05, 0) is 24.1 Å². The summed E-state index contributed by atoms with van der Waals surface area (Å²) in [5.74, 6) is 1.01. The predicted molar refractivity (Wildman–Crippen MR) is 73.4 cm³/mol. The quantitative estimate of drug-likeness (QED) is 0.874. The molecule has 2 heterocycles. The number of nitrogens with zero attached hydrogens (tertiary/aromatic N) is 2. The van der Waals surface area contributed by atoms with Crippen LogP contribution in [0.3, 0.4) is 0 Å². The Balaban J connectivity index is 1.93. The van der Waals surface area contributed by atoms with E-state index in [2.05, 4.69) is 34.1 Å². The molecule has 1 aromatic carbocycles. The molecule has 1 aliphatic heterocycles. The summed E-state index contributed by atoms with van der Waals surface area (Å²) in [5, 5.41) is 0. The van der Waals surface area contributed by atoms with Crippen LogP contribution in [0.15, 0.2) is 54.7 Å². The topological polar surface area (TPSA) is 42.1 Å². The van der Waals surface area contributed by atoms with Crippen molar-refractivity contribution < 1.29 is 0 Å². The van der Waals surface area contributed by atoms with Gasteiger partial charge in [-0.25, -0.2) is 4.98 Å². The Morgan fingerprint density at radius 1 is 1.06 bits per heavy atom. The van der Waals surface area contributed by atoms with Crippen molar-refractivity contribution >= 4 is 5.82 Å². The van der Waals surface area contributed by atoms with Crippen LogP contribution in [0, 0.1) is 0 Å². The molecule has 0 saturated carbocycles. The lowest BCUT2D eigenvalue weighted by Crippen LogP contribution is -2.27. The molecule has 2 atom stereocenters. The number of pyridine rings is 1. The third-order valence-corrected chi connectivity index (χ3v) is 3.46. The maximum absolute atomic E-state index is 6.12. The first-order valence-electron chi connectivity index (χ1n) is 6.33. The molecule has 3 rings (SSSR count). The third-order valence-electron chi connectivity index (χ3n) is 3.46. The van der Waals surface area contributed by atoms with Crippen LogP contribution in [-0.4, -0.2) is 17.6 Å². The Morgan fingerprint density at radius 3 is 2.56 bits per heavy atom. The van der Waals surface area contributed by atoms with Gasteiger partial charge in [-0.3, -0.25) is 0 Å². The molecule has 92 valence electrons. The van der Waals surface area contributed by atoms with Crippen LogP contribution in [-0.2, 0) is 0 Å². The van der Waals surface area contributed by atoms with E-state index in [1.54, 1.807) is 0 Å². The number of aromatic nitrogens is 1. The number of nitrogens with two attached hydrogens (primary N) is 1. The van der Waals surface area contributed by atoms with Crippen LogP contribution in [0.5, 0.6) is 0 Å². The van der Waals surface area contributed by atoms with E-state index in [0.29, 0.717) is 6.04 Å². The highest BCUT2D eigenvalue weighted by Gasteiger charge is 2.31. The fraction of sp³-hybridized carbons (Fsp3) is 0.267. The van der Waals surface area contributed by atoms with Crippen molar-refractivity contribution in [3.63, 3.8) is 0 Å². The van der Waals surface area contributed by atoms with Crippen molar-refractivity contribution in [1.29, 1.82) is 0 Å². The molecule has 2 N–H and O–H groups in total. The van der Waals surface area contributed by atoms with Gasteiger partial charge in [-0.15, -0.1) is 0 Å². The highest BCUT2D eigenvalue weighted by atomic mass is 15.2. The molecule has 3 heteroatoms. The summed E-state index contributed by atoms with van der Waals surface area (Å²) in [5.41, 5.74) is 7.44. The monoisotopic (exact) mass is 239 g/mol. The second-order valence-corrected chi connectivity index (χ2v) is 4.76. The summed E-state index contributed by atoms with van der Waals surface area (Å²) in [4.78, 5) is 6.75. The van der Waals surface area contributed by atoms with Crippen LogP contribution >= 0.6 is 0 Å². The van der Waals surface area contributed by atoms with Crippen molar-refractivity contribution in [2.75, 3.05) is 11.4 Å². The van der Waals surface area contributed by atoms with Gasteiger partial charge in [0.25, 0.3) is 0 Å². The van der Waals surface area contributed by atoms with Gasteiger partial charge in [0.05, 0.1) is 6.04 Å². The Labute approximate surface area is 107 Å². The standard InChI is InChI=1S/C15H17N3/c16-13-10-14(12-6-2-1-3-7-12)18(11-13)15-8-4-5-9-17-15/h1-9,13-14H,10-11,16H2. The minimum atomic E-state index is 0.220. The van der Waals surface area contributed by atoms with Crippen LogP contribution in [0.25, 0.3) is 0 Å². The molecule has 2 aromatic rings. The highest BCUT2D eigenvalue weighted by Crippen LogP contribution is 2.34. The highest BCUT2D eigenvalue weighted by molar-refractivity contribution is 5.44. The second-order valence-electron chi connectivity index (χ2n) is 4.76. The molecule has 1 saturated heterocycles. The first-order valence-corrected chi connectivity index (χ1v) is 6.33. The molecule has 0 bridgehead atoms. The molecule has 18 heavy (non-hydrogen) atoms. The van der Waals surface area contributed by atoms with E-state index < -0.39 is 0 Å². The van der Waals surface area contributed by atoms with E-state index in [1.165, 1.54) is 5.56 Å². The van der Waals surface area contributed by atoms with Gasteiger partial charge >= 0.3 is 0 Å². The van der Waals surface area contributed by atoms with Gasteiger partial charge in [-0.1, -0.05) is 36.4 Å². The molecule has 0 radical (unpaired) electrons. The van der Waals surface area contributed by atoms with Crippen molar-refractivity contribution in [3.05, 3.63) is 60.3 Å². The number of hydrogen-bond donors (Lipinski definition) is 1. The summed E-state index contributed by atoms with van der Waals surface area (Å²) in [7, 11) is 0. The van der Waals surface area contributed by atoms with Gasteiger partial charge in [0.2, 0.25) is 0 Å².